The number of carbonyl (C=O) groups is 1. The average molecular weight is 365 g/mol. The molecule has 1 amide bonds. The van der Waals surface area contributed by atoms with E-state index in [2.05, 4.69) is 10.3 Å². The maximum atomic E-state index is 12.9. The Balaban J connectivity index is 1.82. The van der Waals surface area contributed by atoms with Crippen LogP contribution in [-0.4, -0.2) is 18.0 Å². The maximum Gasteiger partial charge on any atom is 0.251 e. The van der Waals surface area contributed by atoms with E-state index in [1.165, 1.54) is 31.4 Å². The minimum atomic E-state index is -1.06. The Morgan fingerprint density at radius 1 is 1.26 bits per heavy atom. The molecule has 2 aromatic carbocycles. The van der Waals surface area contributed by atoms with Crippen LogP contribution in [-0.2, 0) is 11.2 Å². The molecule has 0 aliphatic rings. The summed E-state index contributed by atoms with van der Waals surface area (Å²) in [7, 11) is 1.53. The zero-order chi connectivity index (χ0) is 19.4. The van der Waals surface area contributed by atoms with Crippen molar-refractivity contribution in [2.24, 2.45) is 5.92 Å². The van der Waals surface area contributed by atoms with Gasteiger partial charge >= 0.3 is 0 Å². The Bertz CT molecular complexity index is 1080. The summed E-state index contributed by atoms with van der Waals surface area (Å²) >= 11 is 0. The summed E-state index contributed by atoms with van der Waals surface area (Å²) in [6.07, 6.45) is -0.0408. The second-order valence-electron chi connectivity index (χ2n) is 5.96. The second kappa shape index (κ2) is 7.70. The molecule has 136 valence electrons. The van der Waals surface area contributed by atoms with Crippen LogP contribution in [0.15, 0.2) is 53.3 Å². The summed E-state index contributed by atoms with van der Waals surface area (Å²) in [6, 6.07) is 14.0. The summed E-state index contributed by atoms with van der Waals surface area (Å²) in [4.78, 5) is 27.4. The molecule has 27 heavy (non-hydrogen) atoms. The van der Waals surface area contributed by atoms with Crippen LogP contribution in [0, 0.1) is 23.1 Å². The third kappa shape index (κ3) is 4.12. The third-order valence-electron chi connectivity index (χ3n) is 4.14. The number of H-pyrrole nitrogens is 1. The number of halogens is 1. The van der Waals surface area contributed by atoms with Crippen molar-refractivity contribution in [3.63, 3.8) is 0 Å². The molecule has 0 bridgehead atoms. The topological polar surface area (TPSA) is 95.0 Å². The summed E-state index contributed by atoms with van der Waals surface area (Å²) in [5.74, 6) is -1.44. The Hall–Kier alpha value is -3.66. The van der Waals surface area contributed by atoms with Gasteiger partial charge in [-0.1, -0.05) is 0 Å². The highest BCUT2D eigenvalue weighted by molar-refractivity contribution is 5.94. The fourth-order valence-corrected chi connectivity index (χ4v) is 2.68. The van der Waals surface area contributed by atoms with Crippen molar-refractivity contribution in [3.8, 4) is 11.8 Å². The number of methoxy groups -OCH3 is 1. The van der Waals surface area contributed by atoms with E-state index >= 15 is 0 Å². The maximum absolute atomic E-state index is 12.9. The number of aromatic nitrogens is 1. The number of amides is 1. The van der Waals surface area contributed by atoms with Gasteiger partial charge in [0.05, 0.1) is 18.7 Å². The molecule has 0 unspecified atom stereocenters. The van der Waals surface area contributed by atoms with Crippen LogP contribution in [0.4, 0.5) is 10.1 Å². The van der Waals surface area contributed by atoms with Gasteiger partial charge in [-0.15, -0.1) is 0 Å². The number of benzene rings is 2. The number of nitrogens with zero attached hydrogens (tertiary/aromatic N) is 1. The van der Waals surface area contributed by atoms with Crippen molar-refractivity contribution in [1.82, 2.24) is 4.98 Å². The number of aromatic amines is 1. The van der Waals surface area contributed by atoms with E-state index in [1.54, 1.807) is 24.3 Å². The molecule has 1 heterocycles. The van der Waals surface area contributed by atoms with Gasteiger partial charge in [-0.3, -0.25) is 9.59 Å². The molecule has 1 aromatic heterocycles. The van der Waals surface area contributed by atoms with E-state index in [0.717, 1.165) is 5.39 Å². The highest BCUT2D eigenvalue weighted by Crippen LogP contribution is 2.20. The lowest BCUT2D eigenvalue weighted by Crippen LogP contribution is -2.26. The van der Waals surface area contributed by atoms with Crippen LogP contribution < -0.4 is 15.6 Å². The number of carbonyl (C=O) groups excluding carboxylic acids is 1. The number of hydrogen-bond acceptors (Lipinski definition) is 4. The van der Waals surface area contributed by atoms with Gasteiger partial charge in [0.2, 0.25) is 5.91 Å². The van der Waals surface area contributed by atoms with Gasteiger partial charge in [-0.2, -0.15) is 5.26 Å². The van der Waals surface area contributed by atoms with Crippen molar-refractivity contribution in [2.45, 2.75) is 6.42 Å². The number of anilines is 1. The standard InChI is InChI=1S/C20H16FN3O3/c1-27-17-7-2-12-8-13(19(25)24-18(12)10-17)9-14(11-22)20(26)23-16-5-3-15(21)4-6-16/h2-8,10,14H,9H2,1H3,(H,23,26)(H,24,25)/t14-/m0/s1. The number of fused-ring (bicyclic) bond motifs is 1. The largest absolute Gasteiger partial charge is 0.497 e. The molecule has 0 saturated heterocycles. The number of nitrogens with one attached hydrogen (secondary N) is 2. The summed E-state index contributed by atoms with van der Waals surface area (Å²) in [6.45, 7) is 0. The predicted molar refractivity (Wildman–Crippen MR) is 99.0 cm³/mol. The van der Waals surface area contributed by atoms with Gasteiger partial charge in [-0.05, 0) is 47.9 Å². The molecule has 3 aromatic rings. The summed E-state index contributed by atoms with van der Waals surface area (Å²) in [5, 5.41) is 12.7. The van der Waals surface area contributed by atoms with Gasteiger partial charge < -0.3 is 15.0 Å². The lowest BCUT2D eigenvalue weighted by molar-refractivity contribution is -0.118. The first-order valence-corrected chi connectivity index (χ1v) is 8.16. The van der Waals surface area contributed by atoms with E-state index in [9.17, 15) is 19.2 Å². The third-order valence-corrected chi connectivity index (χ3v) is 4.14. The van der Waals surface area contributed by atoms with Crippen molar-refractivity contribution < 1.29 is 13.9 Å². The Labute approximate surface area is 154 Å². The molecule has 6 nitrogen and oxygen atoms in total. The number of nitriles is 1. The Morgan fingerprint density at radius 3 is 2.67 bits per heavy atom. The molecule has 3 rings (SSSR count). The smallest absolute Gasteiger partial charge is 0.251 e. The molecule has 7 heteroatoms. The van der Waals surface area contributed by atoms with Gasteiger partial charge in [0.1, 0.15) is 17.5 Å². The van der Waals surface area contributed by atoms with Crippen LogP contribution >= 0.6 is 0 Å². The minimum absolute atomic E-state index is 0.0408. The van der Waals surface area contributed by atoms with Crippen molar-refractivity contribution in [2.75, 3.05) is 12.4 Å². The van der Waals surface area contributed by atoms with Gasteiger partial charge in [-0.25, -0.2) is 4.39 Å². The quantitative estimate of drug-likeness (QED) is 0.727. The molecule has 0 aliphatic carbocycles. The molecule has 0 radical (unpaired) electrons. The fraction of sp³-hybridized carbons (Fsp3) is 0.150. The highest BCUT2D eigenvalue weighted by atomic mass is 19.1. The minimum Gasteiger partial charge on any atom is -0.497 e. The van der Waals surface area contributed by atoms with E-state index in [1.807, 2.05) is 6.07 Å². The van der Waals surface area contributed by atoms with Crippen LogP contribution in [0.2, 0.25) is 0 Å². The van der Waals surface area contributed by atoms with Crippen molar-refractivity contribution in [3.05, 3.63) is 70.3 Å². The van der Waals surface area contributed by atoms with E-state index in [-0.39, 0.29) is 12.0 Å². The monoisotopic (exact) mass is 365 g/mol. The zero-order valence-electron chi connectivity index (χ0n) is 14.5. The zero-order valence-corrected chi connectivity index (χ0v) is 14.5. The first kappa shape index (κ1) is 18.1. The number of pyridine rings is 1. The molecule has 0 saturated carbocycles. The lowest BCUT2D eigenvalue weighted by Gasteiger charge is -2.11. The molecule has 0 fully saturated rings. The van der Waals surface area contributed by atoms with Gasteiger partial charge in [0, 0.05) is 23.7 Å². The molecule has 2 N–H and O–H groups in total. The number of rotatable bonds is 5. The SMILES string of the molecule is COc1ccc2cc(C[C@@H](C#N)C(=O)Nc3ccc(F)cc3)c(=O)[nH]c2c1. The highest BCUT2D eigenvalue weighted by Gasteiger charge is 2.20. The normalized spacial score (nSPS) is 11.6. The molecule has 0 spiro atoms. The molecule has 0 aliphatic heterocycles. The summed E-state index contributed by atoms with van der Waals surface area (Å²) < 4.78 is 18.1. The van der Waals surface area contributed by atoms with E-state index < -0.39 is 17.6 Å². The van der Waals surface area contributed by atoms with Gasteiger partial charge in [0.15, 0.2) is 0 Å². The van der Waals surface area contributed by atoms with Crippen LogP contribution in [0.1, 0.15) is 5.56 Å². The van der Waals surface area contributed by atoms with Gasteiger partial charge in [0.25, 0.3) is 5.56 Å². The van der Waals surface area contributed by atoms with Crippen molar-refractivity contribution in [1.29, 1.82) is 5.26 Å². The van der Waals surface area contributed by atoms with Crippen LogP contribution in [0.3, 0.4) is 0 Å². The first-order chi connectivity index (χ1) is 13.0. The Morgan fingerprint density at radius 2 is 2.00 bits per heavy atom. The first-order valence-electron chi connectivity index (χ1n) is 8.16. The van der Waals surface area contributed by atoms with Crippen molar-refractivity contribution >= 4 is 22.5 Å². The summed E-state index contributed by atoms with van der Waals surface area (Å²) in [5.41, 5.74) is 0.938. The van der Waals surface area contributed by atoms with Crippen LogP contribution in [0.5, 0.6) is 5.75 Å². The lowest BCUT2D eigenvalue weighted by atomic mass is 9.99. The number of hydrogen-bond donors (Lipinski definition) is 2. The van der Waals surface area contributed by atoms with E-state index in [4.69, 9.17) is 4.74 Å². The molecular weight excluding hydrogens is 349 g/mol. The Kier molecular flexibility index (Phi) is 5.18. The number of ether oxygens (including phenoxy) is 1. The van der Waals surface area contributed by atoms with E-state index in [0.29, 0.717) is 22.5 Å². The predicted octanol–water partition coefficient (Wildman–Crippen LogP) is 3.00. The average Bonchev–Trinajstić information content (AvgIpc) is 2.67. The molecular formula is C20H16FN3O3. The fourth-order valence-electron chi connectivity index (χ4n) is 2.68. The second-order valence-corrected chi connectivity index (χ2v) is 5.96. The molecule has 1 atom stereocenters. The van der Waals surface area contributed by atoms with Crippen LogP contribution in [0.25, 0.3) is 10.9 Å².